The van der Waals surface area contributed by atoms with Crippen LogP contribution in [0, 0.1) is 0 Å². The molecule has 0 spiro atoms. The molecule has 0 heterocycles. The van der Waals surface area contributed by atoms with Gasteiger partial charge in [-0.15, -0.1) is 0 Å². The molecule has 0 fully saturated rings. The normalized spacial score (nSPS) is 10.7. The zero-order valence-corrected chi connectivity index (χ0v) is 11.8. The summed E-state index contributed by atoms with van der Waals surface area (Å²) in [5.41, 5.74) is 7.69. The van der Waals surface area contributed by atoms with Crippen molar-refractivity contribution in [3.05, 3.63) is 18.2 Å². The SMILES string of the molecule is COCCCN(C)c1cc(N)cc(OC(C)C)c1. The molecule has 0 radical (unpaired) electrons. The summed E-state index contributed by atoms with van der Waals surface area (Å²) in [4.78, 5) is 2.16. The van der Waals surface area contributed by atoms with Crippen molar-refractivity contribution in [3.8, 4) is 5.75 Å². The second-order valence-electron chi connectivity index (χ2n) is 4.69. The van der Waals surface area contributed by atoms with E-state index in [-0.39, 0.29) is 6.10 Å². The van der Waals surface area contributed by atoms with Gasteiger partial charge < -0.3 is 20.1 Å². The summed E-state index contributed by atoms with van der Waals surface area (Å²) in [7, 11) is 3.76. The molecule has 4 heteroatoms. The van der Waals surface area contributed by atoms with Crippen molar-refractivity contribution in [3.63, 3.8) is 0 Å². The summed E-state index contributed by atoms with van der Waals surface area (Å²) in [5, 5.41) is 0. The highest BCUT2D eigenvalue weighted by Gasteiger charge is 2.06. The molecule has 102 valence electrons. The number of methoxy groups -OCH3 is 1. The monoisotopic (exact) mass is 252 g/mol. The van der Waals surface area contributed by atoms with Crippen molar-refractivity contribution in [2.75, 3.05) is 37.9 Å². The van der Waals surface area contributed by atoms with Crippen molar-refractivity contribution in [1.29, 1.82) is 0 Å². The largest absolute Gasteiger partial charge is 0.491 e. The van der Waals surface area contributed by atoms with Gasteiger partial charge in [-0.2, -0.15) is 0 Å². The molecule has 0 aliphatic carbocycles. The van der Waals surface area contributed by atoms with Crippen LogP contribution in [0.25, 0.3) is 0 Å². The Morgan fingerprint density at radius 3 is 2.61 bits per heavy atom. The van der Waals surface area contributed by atoms with Gasteiger partial charge in [0.05, 0.1) is 6.10 Å². The molecule has 1 aromatic carbocycles. The lowest BCUT2D eigenvalue weighted by atomic mass is 10.2. The number of hydrogen-bond donors (Lipinski definition) is 1. The molecule has 0 unspecified atom stereocenters. The second-order valence-corrected chi connectivity index (χ2v) is 4.69. The smallest absolute Gasteiger partial charge is 0.123 e. The zero-order chi connectivity index (χ0) is 13.5. The number of rotatable bonds is 7. The topological polar surface area (TPSA) is 47.7 Å². The van der Waals surface area contributed by atoms with Gasteiger partial charge >= 0.3 is 0 Å². The van der Waals surface area contributed by atoms with Gasteiger partial charge in [-0.3, -0.25) is 0 Å². The molecule has 1 rings (SSSR count). The summed E-state index contributed by atoms with van der Waals surface area (Å²) >= 11 is 0. The highest BCUT2D eigenvalue weighted by atomic mass is 16.5. The number of anilines is 2. The van der Waals surface area contributed by atoms with Crippen LogP contribution in [0.15, 0.2) is 18.2 Å². The van der Waals surface area contributed by atoms with Crippen LogP contribution in [-0.4, -0.2) is 33.4 Å². The molecule has 18 heavy (non-hydrogen) atoms. The van der Waals surface area contributed by atoms with Crippen LogP contribution < -0.4 is 15.4 Å². The van der Waals surface area contributed by atoms with E-state index >= 15 is 0 Å². The Labute approximate surface area is 110 Å². The average Bonchev–Trinajstić information content (AvgIpc) is 2.27. The van der Waals surface area contributed by atoms with Gasteiger partial charge in [0.15, 0.2) is 0 Å². The highest BCUT2D eigenvalue weighted by molar-refractivity contribution is 5.60. The van der Waals surface area contributed by atoms with E-state index in [1.165, 1.54) is 0 Å². The lowest BCUT2D eigenvalue weighted by Crippen LogP contribution is -2.20. The van der Waals surface area contributed by atoms with E-state index in [9.17, 15) is 0 Å². The molecule has 0 atom stereocenters. The van der Waals surface area contributed by atoms with Crippen molar-refractivity contribution >= 4 is 11.4 Å². The quantitative estimate of drug-likeness (QED) is 0.598. The summed E-state index contributed by atoms with van der Waals surface area (Å²) in [6, 6.07) is 5.83. The summed E-state index contributed by atoms with van der Waals surface area (Å²) in [5.74, 6) is 0.818. The van der Waals surface area contributed by atoms with Gasteiger partial charge in [-0.1, -0.05) is 0 Å². The zero-order valence-electron chi connectivity index (χ0n) is 11.8. The molecule has 0 saturated heterocycles. The van der Waals surface area contributed by atoms with Gasteiger partial charge in [-0.25, -0.2) is 0 Å². The number of benzene rings is 1. The van der Waals surface area contributed by atoms with Crippen LogP contribution in [0.1, 0.15) is 20.3 Å². The summed E-state index contributed by atoms with van der Waals surface area (Å²) < 4.78 is 10.7. The number of nitrogens with zero attached hydrogens (tertiary/aromatic N) is 1. The molecule has 2 N–H and O–H groups in total. The maximum atomic E-state index is 5.90. The van der Waals surface area contributed by atoms with Crippen LogP contribution in [0.5, 0.6) is 5.75 Å². The molecule has 0 aliphatic rings. The van der Waals surface area contributed by atoms with E-state index in [2.05, 4.69) is 4.90 Å². The predicted octanol–water partition coefficient (Wildman–Crippen LogP) is 2.53. The fourth-order valence-corrected chi connectivity index (χ4v) is 1.74. The standard InChI is InChI=1S/C14H24N2O2/c1-11(2)18-14-9-12(15)8-13(10-14)16(3)6-5-7-17-4/h8-11H,5-7,15H2,1-4H3. The van der Waals surface area contributed by atoms with Gasteiger partial charge in [0.2, 0.25) is 0 Å². The maximum absolute atomic E-state index is 5.90. The third kappa shape index (κ3) is 4.84. The molecule has 1 aromatic rings. The number of nitrogens with two attached hydrogens (primary N) is 1. The first kappa shape index (κ1) is 14.6. The maximum Gasteiger partial charge on any atom is 0.123 e. The third-order valence-corrected chi connectivity index (χ3v) is 2.57. The minimum absolute atomic E-state index is 0.151. The lowest BCUT2D eigenvalue weighted by molar-refractivity contribution is 0.196. The van der Waals surface area contributed by atoms with Crippen molar-refractivity contribution in [1.82, 2.24) is 0 Å². The molecule has 0 aromatic heterocycles. The second kappa shape index (κ2) is 7.11. The molecule has 0 bridgehead atoms. The molecule has 4 nitrogen and oxygen atoms in total. The first-order valence-corrected chi connectivity index (χ1v) is 6.30. The fraction of sp³-hybridized carbons (Fsp3) is 0.571. The predicted molar refractivity (Wildman–Crippen MR) is 76.4 cm³/mol. The van der Waals surface area contributed by atoms with Crippen LogP contribution in [0.3, 0.4) is 0 Å². The first-order valence-electron chi connectivity index (χ1n) is 6.30. The number of ether oxygens (including phenoxy) is 2. The summed E-state index contributed by atoms with van der Waals surface area (Å²) in [6.45, 7) is 5.71. The van der Waals surface area contributed by atoms with Crippen molar-refractivity contribution in [2.24, 2.45) is 0 Å². The average molecular weight is 252 g/mol. The number of nitrogen functional groups attached to an aromatic ring is 1. The van der Waals surface area contributed by atoms with E-state index in [1.54, 1.807) is 7.11 Å². The van der Waals surface area contributed by atoms with Gasteiger partial charge in [-0.05, 0) is 26.3 Å². The Kier molecular flexibility index (Phi) is 5.78. The van der Waals surface area contributed by atoms with E-state index in [0.717, 1.165) is 36.7 Å². The van der Waals surface area contributed by atoms with E-state index in [1.807, 2.05) is 39.1 Å². The van der Waals surface area contributed by atoms with Gasteiger partial charge in [0.25, 0.3) is 0 Å². The van der Waals surface area contributed by atoms with Crippen LogP contribution in [0.2, 0.25) is 0 Å². The Balaban J connectivity index is 2.71. The Morgan fingerprint density at radius 2 is 2.00 bits per heavy atom. The van der Waals surface area contributed by atoms with Gasteiger partial charge in [0, 0.05) is 50.8 Å². The number of hydrogen-bond acceptors (Lipinski definition) is 4. The lowest BCUT2D eigenvalue weighted by Gasteiger charge is -2.21. The first-order chi connectivity index (χ1) is 8.52. The molecule has 0 aliphatic heterocycles. The van der Waals surface area contributed by atoms with Crippen LogP contribution >= 0.6 is 0 Å². The van der Waals surface area contributed by atoms with E-state index < -0.39 is 0 Å². The van der Waals surface area contributed by atoms with Crippen LogP contribution in [0.4, 0.5) is 11.4 Å². The minimum Gasteiger partial charge on any atom is -0.491 e. The van der Waals surface area contributed by atoms with Crippen LogP contribution in [-0.2, 0) is 4.74 Å². The molecular formula is C14H24N2O2. The van der Waals surface area contributed by atoms with Crippen molar-refractivity contribution in [2.45, 2.75) is 26.4 Å². The Morgan fingerprint density at radius 1 is 1.28 bits per heavy atom. The molecule has 0 saturated carbocycles. The molecular weight excluding hydrogens is 228 g/mol. The molecule has 0 amide bonds. The fourth-order valence-electron chi connectivity index (χ4n) is 1.74. The van der Waals surface area contributed by atoms with E-state index in [4.69, 9.17) is 15.2 Å². The highest BCUT2D eigenvalue weighted by Crippen LogP contribution is 2.25. The van der Waals surface area contributed by atoms with Crippen molar-refractivity contribution < 1.29 is 9.47 Å². The van der Waals surface area contributed by atoms with E-state index in [0.29, 0.717) is 0 Å². The Bertz CT molecular complexity index is 367. The third-order valence-electron chi connectivity index (χ3n) is 2.57. The summed E-state index contributed by atoms with van der Waals surface area (Å²) in [6.07, 6.45) is 1.14. The Hall–Kier alpha value is -1.42. The van der Waals surface area contributed by atoms with Gasteiger partial charge in [0.1, 0.15) is 5.75 Å². The minimum atomic E-state index is 0.151.